The van der Waals surface area contributed by atoms with E-state index in [0.717, 1.165) is 57.4 Å². The average Bonchev–Trinajstić information content (AvgIpc) is 3.54. The van der Waals surface area contributed by atoms with Crippen molar-refractivity contribution in [1.29, 1.82) is 0 Å². The van der Waals surface area contributed by atoms with Crippen LogP contribution >= 0.6 is 11.6 Å². The van der Waals surface area contributed by atoms with Gasteiger partial charge in [-0.05, 0) is 97.7 Å². The minimum Gasteiger partial charge on any atom is -0.491 e. The van der Waals surface area contributed by atoms with Crippen molar-refractivity contribution in [3.8, 4) is 11.6 Å². The molecule has 57 heavy (non-hydrogen) atoms. The van der Waals surface area contributed by atoms with Crippen LogP contribution in [0.1, 0.15) is 70.9 Å². The molecular formula is C42H55ClN6O7S. The van der Waals surface area contributed by atoms with Crippen LogP contribution in [0.4, 0.5) is 5.69 Å². The lowest BCUT2D eigenvalue weighted by Crippen LogP contribution is -2.43. The molecule has 2 aromatic carbocycles. The van der Waals surface area contributed by atoms with Crippen molar-refractivity contribution < 1.29 is 32.7 Å². The van der Waals surface area contributed by atoms with Gasteiger partial charge in [-0.2, -0.15) is 0 Å². The molecule has 0 spiro atoms. The summed E-state index contributed by atoms with van der Waals surface area (Å²) < 4.78 is 47.2. The second-order valence-corrected chi connectivity index (χ2v) is 18.1. The molecule has 0 radical (unpaired) electrons. The summed E-state index contributed by atoms with van der Waals surface area (Å²) in [6, 6.07) is 11.4. The van der Waals surface area contributed by atoms with Gasteiger partial charge in [-0.15, -0.1) is 9.46 Å². The number of morpholine rings is 1. The monoisotopic (exact) mass is 822 g/mol. The zero-order chi connectivity index (χ0) is 39.9. The Balaban J connectivity index is 1.23. The molecule has 13 nitrogen and oxygen atoms in total. The summed E-state index contributed by atoms with van der Waals surface area (Å²) in [6.07, 6.45) is 10.9. The Bertz CT molecular complexity index is 2060. The quantitative estimate of drug-likeness (QED) is 0.279. The van der Waals surface area contributed by atoms with E-state index < -0.39 is 21.7 Å². The van der Waals surface area contributed by atoms with Crippen molar-refractivity contribution in [3.63, 3.8) is 0 Å². The van der Waals surface area contributed by atoms with E-state index in [9.17, 15) is 13.8 Å². The number of carbonyl (C=O) groups is 2. The van der Waals surface area contributed by atoms with Gasteiger partial charge in [0.15, 0.2) is 0 Å². The standard InChI is InChI=1S/C42H55ClN6O7S/c1-29-7-6-9-38(53-3)35-14-11-33(35)26-49-25-32-10-13-34(43)23-30(32)8-4-5-19-55-39-15-12-31(24-37(39)49)40(50)45-57(52,28-29)46-41(51)36-27-47(2)44-42(36)56-22-18-48-16-20-54-21-17-48/h6,9-10,12-13,15,23-24,27,29,33,35,38H,4-5,7-8,11,14,16-22,25-26,28H2,1-3H3,(H,45,46,50,51,52)/b9-6+/t29-,33-,35+,38-,57?/m0/s1. The minimum absolute atomic E-state index is 0.0501. The first-order valence-corrected chi connectivity index (χ1v) is 22.2. The van der Waals surface area contributed by atoms with Crippen LogP contribution < -0.4 is 19.1 Å². The number of amides is 2. The zero-order valence-corrected chi connectivity index (χ0v) is 34.8. The van der Waals surface area contributed by atoms with E-state index in [-0.39, 0.29) is 34.8 Å². The molecule has 7 rings (SSSR count). The molecule has 4 heterocycles. The predicted molar refractivity (Wildman–Crippen MR) is 221 cm³/mol. The molecule has 5 atom stereocenters. The Hall–Kier alpha value is -3.95. The number of benzene rings is 2. The smallest absolute Gasteiger partial charge is 0.286 e. The SMILES string of the molecule is CO[C@H]1/C=C/C[C@H](C)CS(=O)(NC(=O)c2cn(C)nc2OCCN2CCOCC2)=NC(=O)c2ccc3c(c2)N(Cc2ccc(Cl)cc2CCCCO3)C[C@@H]2CC[C@H]21. The number of carbonyl (C=O) groups excluding carboxylic acids is 2. The Kier molecular flexibility index (Phi) is 13.6. The number of anilines is 1. The zero-order valence-electron chi connectivity index (χ0n) is 33.2. The molecule has 1 saturated carbocycles. The maximum Gasteiger partial charge on any atom is 0.286 e. The molecule has 3 aliphatic heterocycles. The maximum atomic E-state index is 14.9. The lowest BCUT2D eigenvalue weighted by molar-refractivity contribution is 0.0133. The highest BCUT2D eigenvalue weighted by atomic mass is 35.5. The summed E-state index contributed by atoms with van der Waals surface area (Å²) in [7, 11) is -0.216. The van der Waals surface area contributed by atoms with Gasteiger partial charge in [0.2, 0.25) is 5.88 Å². The molecule has 15 heteroatoms. The van der Waals surface area contributed by atoms with E-state index in [1.807, 2.05) is 19.1 Å². The number of aryl methyl sites for hydroxylation is 2. The Labute approximate surface area is 341 Å². The first kappa shape index (κ1) is 41.2. The summed E-state index contributed by atoms with van der Waals surface area (Å²) in [4.78, 5) is 32.7. The van der Waals surface area contributed by atoms with Gasteiger partial charge < -0.3 is 23.8 Å². The fourth-order valence-corrected chi connectivity index (χ4v) is 10.3. The van der Waals surface area contributed by atoms with Crippen molar-refractivity contribution in [2.24, 2.45) is 29.2 Å². The van der Waals surface area contributed by atoms with E-state index in [1.54, 1.807) is 26.3 Å². The lowest BCUT2D eigenvalue weighted by atomic mass is 9.70. The van der Waals surface area contributed by atoms with Crippen LogP contribution in [0.15, 0.2) is 59.1 Å². The number of aromatic nitrogens is 2. The van der Waals surface area contributed by atoms with Crippen LogP contribution in [0.2, 0.25) is 5.02 Å². The van der Waals surface area contributed by atoms with Crippen molar-refractivity contribution in [2.45, 2.75) is 58.1 Å². The van der Waals surface area contributed by atoms with Gasteiger partial charge in [-0.3, -0.25) is 23.9 Å². The van der Waals surface area contributed by atoms with Crippen molar-refractivity contribution >= 4 is 39.0 Å². The first-order chi connectivity index (χ1) is 27.6. The third-order valence-electron chi connectivity index (χ3n) is 11.4. The molecule has 2 amide bonds. The molecule has 1 N–H and O–H groups in total. The normalized spacial score (nSPS) is 26.7. The highest BCUT2D eigenvalue weighted by Gasteiger charge is 2.38. The molecule has 3 aromatic rings. The number of ether oxygens (including phenoxy) is 4. The summed E-state index contributed by atoms with van der Waals surface area (Å²) in [6.45, 7) is 7.64. The number of rotatable bonds is 7. The van der Waals surface area contributed by atoms with Crippen LogP contribution in [0.3, 0.4) is 0 Å². The molecule has 2 fully saturated rings. The molecule has 1 saturated heterocycles. The van der Waals surface area contributed by atoms with Gasteiger partial charge in [0.25, 0.3) is 11.8 Å². The summed E-state index contributed by atoms with van der Waals surface area (Å²) >= 11 is 6.49. The van der Waals surface area contributed by atoms with Crippen LogP contribution in [-0.4, -0.2) is 102 Å². The second kappa shape index (κ2) is 18.8. The van der Waals surface area contributed by atoms with Gasteiger partial charge >= 0.3 is 0 Å². The van der Waals surface area contributed by atoms with E-state index in [0.29, 0.717) is 68.5 Å². The molecule has 1 aliphatic carbocycles. The number of hydrogen-bond donors (Lipinski definition) is 1. The third-order valence-corrected chi connectivity index (χ3v) is 13.7. The van der Waals surface area contributed by atoms with Crippen LogP contribution in [0, 0.1) is 17.8 Å². The molecule has 1 unspecified atom stereocenters. The van der Waals surface area contributed by atoms with Crippen LogP contribution in [-0.2, 0) is 39.4 Å². The molecule has 1 aromatic heterocycles. The van der Waals surface area contributed by atoms with Crippen molar-refractivity contribution in [2.75, 3.05) is 70.4 Å². The van der Waals surface area contributed by atoms with Gasteiger partial charge in [-0.1, -0.05) is 36.7 Å². The van der Waals surface area contributed by atoms with E-state index in [4.69, 9.17) is 30.5 Å². The number of hydrogen-bond acceptors (Lipinski definition) is 10. The minimum atomic E-state index is -3.65. The number of allylic oxidation sites excluding steroid dienone is 1. The van der Waals surface area contributed by atoms with Gasteiger partial charge in [-0.25, -0.2) is 4.21 Å². The second-order valence-electron chi connectivity index (χ2n) is 15.7. The lowest BCUT2D eigenvalue weighted by Gasteiger charge is -2.43. The van der Waals surface area contributed by atoms with Gasteiger partial charge in [0, 0.05) is 63.7 Å². The molecule has 2 bridgehead atoms. The third kappa shape index (κ3) is 10.4. The number of nitrogens with one attached hydrogen (secondary N) is 1. The molecule has 4 aliphatic rings. The molecule has 308 valence electrons. The average molecular weight is 823 g/mol. The highest BCUT2D eigenvalue weighted by Crippen LogP contribution is 2.42. The summed E-state index contributed by atoms with van der Waals surface area (Å²) in [5.74, 6) is -0.180. The Morgan fingerprint density at radius 1 is 1.09 bits per heavy atom. The Morgan fingerprint density at radius 3 is 2.72 bits per heavy atom. The Morgan fingerprint density at radius 2 is 1.93 bits per heavy atom. The van der Waals surface area contributed by atoms with E-state index >= 15 is 0 Å². The van der Waals surface area contributed by atoms with Crippen molar-refractivity contribution in [3.05, 3.63) is 82.0 Å². The predicted octanol–water partition coefficient (Wildman–Crippen LogP) is 6.10. The summed E-state index contributed by atoms with van der Waals surface area (Å²) in [5.41, 5.74) is 3.50. The van der Waals surface area contributed by atoms with Gasteiger partial charge in [0.1, 0.15) is 27.8 Å². The maximum absolute atomic E-state index is 14.9. The fourth-order valence-electron chi connectivity index (χ4n) is 8.20. The number of methoxy groups -OCH3 is 1. The van der Waals surface area contributed by atoms with Gasteiger partial charge in [0.05, 0.1) is 37.4 Å². The summed E-state index contributed by atoms with van der Waals surface area (Å²) in [5, 5.41) is 5.07. The van der Waals surface area contributed by atoms with Crippen LogP contribution in [0.5, 0.6) is 11.6 Å². The molecular weight excluding hydrogens is 768 g/mol. The van der Waals surface area contributed by atoms with Crippen LogP contribution in [0.25, 0.3) is 0 Å². The fraction of sp³-hybridized carbons (Fsp3) is 0.548. The first-order valence-electron chi connectivity index (χ1n) is 20.1. The number of fused-ring (bicyclic) bond motifs is 3. The van der Waals surface area contributed by atoms with E-state index in [1.165, 1.54) is 22.0 Å². The highest BCUT2D eigenvalue weighted by molar-refractivity contribution is 7.92. The topological polar surface area (TPSA) is 137 Å². The number of halogens is 1. The van der Waals surface area contributed by atoms with E-state index in [2.05, 4.69) is 48.3 Å². The largest absolute Gasteiger partial charge is 0.491 e. The van der Waals surface area contributed by atoms with Crippen molar-refractivity contribution in [1.82, 2.24) is 19.4 Å². The number of nitrogens with zero attached hydrogens (tertiary/aromatic N) is 5.